The summed E-state index contributed by atoms with van der Waals surface area (Å²) in [5, 5.41) is 0. The number of hydrogen-bond acceptors (Lipinski definition) is 7. The molecule has 0 saturated heterocycles. The van der Waals surface area contributed by atoms with Gasteiger partial charge in [-0.05, 0) is 19.3 Å². The average Bonchev–Trinajstić information content (AvgIpc) is 3.32. The van der Waals surface area contributed by atoms with Gasteiger partial charge in [-0.1, -0.05) is 290 Å². The van der Waals surface area contributed by atoms with Crippen molar-refractivity contribution >= 4 is 30.5 Å². The predicted molar refractivity (Wildman–Crippen MR) is 288 cm³/mol. The fourth-order valence-electron chi connectivity index (χ4n) is 9.10. The fourth-order valence-corrected chi connectivity index (χ4v) is 9.38. The monoisotopic (exact) mass is 951 g/mol. The standard InChI is InChI=1S/C59H114O6S/c1-4-7-10-13-16-19-22-25-28-31-34-37-40-43-46-49-56(60)63-52-59(55-66,53-64-57(61)50-47-44-41-38-35-32-29-26-23-20-17-14-11-8-5-2)54-65-58(62)51-48-45-42-39-36-33-30-27-24-21-18-15-12-9-6-3/h66H,4-55H2,1-3H3. The summed E-state index contributed by atoms with van der Waals surface area (Å²) in [5.41, 5.74) is -0.872. The molecule has 0 rings (SSSR count). The van der Waals surface area contributed by atoms with Crippen LogP contribution >= 0.6 is 12.6 Å². The Morgan fingerprint density at radius 1 is 0.273 bits per heavy atom. The van der Waals surface area contributed by atoms with Crippen molar-refractivity contribution < 1.29 is 28.6 Å². The molecule has 0 aliphatic heterocycles. The summed E-state index contributed by atoms with van der Waals surface area (Å²) in [6, 6.07) is 0. The van der Waals surface area contributed by atoms with Crippen LogP contribution in [0.5, 0.6) is 0 Å². The number of carbonyl (C=O) groups is 3. The van der Waals surface area contributed by atoms with Gasteiger partial charge in [-0.3, -0.25) is 14.4 Å². The van der Waals surface area contributed by atoms with Crippen molar-refractivity contribution in [3.05, 3.63) is 0 Å². The summed E-state index contributed by atoms with van der Waals surface area (Å²) >= 11 is 4.63. The zero-order valence-electron chi connectivity index (χ0n) is 44.7. The second-order valence-electron chi connectivity index (χ2n) is 20.7. The molecule has 0 atom stereocenters. The summed E-state index contributed by atoms with van der Waals surface area (Å²) in [6.07, 6.45) is 58.7. The number of ether oxygens (including phenoxy) is 3. The van der Waals surface area contributed by atoms with Gasteiger partial charge in [-0.15, -0.1) is 0 Å². The van der Waals surface area contributed by atoms with Gasteiger partial charge in [0.25, 0.3) is 0 Å². The molecule has 0 radical (unpaired) electrons. The van der Waals surface area contributed by atoms with Crippen molar-refractivity contribution in [1.82, 2.24) is 0 Å². The van der Waals surface area contributed by atoms with Gasteiger partial charge in [0, 0.05) is 25.0 Å². The molecule has 0 aromatic rings. The van der Waals surface area contributed by atoms with Crippen LogP contribution in [0, 0.1) is 5.41 Å². The summed E-state index contributed by atoms with van der Waals surface area (Å²) in [4.78, 5) is 38.7. The van der Waals surface area contributed by atoms with Crippen molar-refractivity contribution in [2.45, 2.75) is 329 Å². The first-order valence-electron chi connectivity index (χ1n) is 29.5. The van der Waals surface area contributed by atoms with E-state index >= 15 is 0 Å². The number of unbranched alkanes of at least 4 members (excludes halogenated alkanes) is 42. The molecule has 7 heteroatoms. The van der Waals surface area contributed by atoms with E-state index in [1.165, 1.54) is 231 Å². The quantitative estimate of drug-likeness (QED) is 0.0283. The van der Waals surface area contributed by atoms with Gasteiger partial charge in [0.15, 0.2) is 0 Å². The van der Waals surface area contributed by atoms with Crippen molar-refractivity contribution in [1.29, 1.82) is 0 Å². The molecule has 0 aliphatic carbocycles. The number of carbonyl (C=O) groups excluding carboxylic acids is 3. The van der Waals surface area contributed by atoms with E-state index in [-0.39, 0.29) is 43.5 Å². The van der Waals surface area contributed by atoms with Crippen LogP contribution in [-0.2, 0) is 28.6 Å². The van der Waals surface area contributed by atoms with E-state index in [0.29, 0.717) is 19.3 Å². The van der Waals surface area contributed by atoms with Gasteiger partial charge >= 0.3 is 17.9 Å². The predicted octanol–water partition coefficient (Wildman–Crippen LogP) is 19.3. The van der Waals surface area contributed by atoms with Crippen LogP contribution in [0.1, 0.15) is 329 Å². The molecule has 0 aromatic heterocycles. The Morgan fingerprint density at radius 2 is 0.424 bits per heavy atom. The summed E-state index contributed by atoms with van der Waals surface area (Å²) in [7, 11) is 0. The largest absolute Gasteiger partial charge is 0.465 e. The molecule has 0 spiro atoms. The van der Waals surface area contributed by atoms with Crippen LogP contribution in [0.2, 0.25) is 0 Å². The molecule has 0 aromatic carbocycles. The lowest BCUT2D eigenvalue weighted by atomic mass is 9.93. The highest BCUT2D eigenvalue weighted by Crippen LogP contribution is 2.24. The van der Waals surface area contributed by atoms with Gasteiger partial charge < -0.3 is 14.2 Å². The topological polar surface area (TPSA) is 78.9 Å². The highest BCUT2D eigenvalue weighted by atomic mass is 32.1. The summed E-state index contributed by atoms with van der Waals surface area (Å²) in [5.74, 6) is -0.463. The Morgan fingerprint density at radius 3 is 0.576 bits per heavy atom. The molecule has 0 N–H and O–H groups in total. The molecule has 0 heterocycles. The minimum atomic E-state index is -0.872. The van der Waals surface area contributed by atoms with E-state index in [0.717, 1.165) is 57.8 Å². The Bertz CT molecular complexity index is 897. The molecular formula is C59H114O6S. The van der Waals surface area contributed by atoms with Crippen molar-refractivity contribution in [3.8, 4) is 0 Å². The highest BCUT2D eigenvalue weighted by Gasteiger charge is 2.34. The van der Waals surface area contributed by atoms with Gasteiger partial charge in [0.2, 0.25) is 0 Å². The second kappa shape index (κ2) is 53.1. The van der Waals surface area contributed by atoms with Crippen LogP contribution in [0.4, 0.5) is 0 Å². The van der Waals surface area contributed by atoms with E-state index in [4.69, 9.17) is 14.2 Å². The van der Waals surface area contributed by atoms with Gasteiger partial charge in [0.1, 0.15) is 19.8 Å². The van der Waals surface area contributed by atoms with Crippen LogP contribution in [0.15, 0.2) is 0 Å². The molecule has 66 heavy (non-hydrogen) atoms. The van der Waals surface area contributed by atoms with E-state index < -0.39 is 5.41 Å². The summed E-state index contributed by atoms with van der Waals surface area (Å²) < 4.78 is 17.4. The number of esters is 3. The molecular weight excluding hydrogens is 837 g/mol. The average molecular weight is 952 g/mol. The first-order valence-corrected chi connectivity index (χ1v) is 30.1. The maximum Gasteiger partial charge on any atom is 0.305 e. The molecule has 0 unspecified atom stereocenters. The number of thiol groups is 1. The van der Waals surface area contributed by atoms with Crippen molar-refractivity contribution in [2.24, 2.45) is 5.41 Å². The highest BCUT2D eigenvalue weighted by molar-refractivity contribution is 7.80. The SMILES string of the molecule is CCCCCCCCCCCCCCCCCC(=O)OCC(CS)(COC(=O)CCCCCCCCCCCCCCCCC)COC(=O)CCCCCCCCCCCCCCCCC. The first kappa shape index (κ1) is 64.8. The van der Waals surface area contributed by atoms with Gasteiger partial charge in [-0.25, -0.2) is 0 Å². The van der Waals surface area contributed by atoms with Crippen LogP contribution in [0.3, 0.4) is 0 Å². The van der Waals surface area contributed by atoms with Gasteiger partial charge in [-0.2, -0.15) is 12.6 Å². The minimum Gasteiger partial charge on any atom is -0.465 e. The van der Waals surface area contributed by atoms with Crippen LogP contribution in [-0.4, -0.2) is 43.5 Å². The third-order valence-corrected chi connectivity index (χ3v) is 14.6. The lowest BCUT2D eigenvalue weighted by Crippen LogP contribution is -2.41. The van der Waals surface area contributed by atoms with E-state index in [2.05, 4.69) is 33.4 Å². The normalized spacial score (nSPS) is 11.6. The lowest BCUT2D eigenvalue weighted by molar-refractivity contribution is -0.160. The third kappa shape index (κ3) is 47.8. The Balaban J connectivity index is 4.53. The Hall–Kier alpha value is -1.24. The fraction of sp³-hybridized carbons (Fsp3) is 0.949. The number of hydrogen-bond donors (Lipinski definition) is 1. The first-order chi connectivity index (χ1) is 32.4. The van der Waals surface area contributed by atoms with Crippen LogP contribution < -0.4 is 0 Å². The Kier molecular flexibility index (Phi) is 52.1. The van der Waals surface area contributed by atoms with Gasteiger partial charge in [0.05, 0.1) is 5.41 Å². The van der Waals surface area contributed by atoms with Crippen LogP contribution in [0.25, 0.3) is 0 Å². The minimum absolute atomic E-state index is 0.0204. The van der Waals surface area contributed by atoms with E-state index in [1.807, 2.05) is 0 Å². The molecule has 0 bridgehead atoms. The molecule has 0 aliphatic rings. The maximum atomic E-state index is 12.9. The third-order valence-electron chi connectivity index (χ3n) is 13.9. The molecule has 6 nitrogen and oxygen atoms in total. The zero-order chi connectivity index (χ0) is 48.1. The maximum absolute atomic E-state index is 12.9. The molecule has 392 valence electrons. The second-order valence-corrected chi connectivity index (χ2v) is 21.1. The molecule has 0 amide bonds. The Labute approximate surface area is 417 Å². The summed E-state index contributed by atoms with van der Waals surface area (Å²) in [6.45, 7) is 6.89. The smallest absolute Gasteiger partial charge is 0.305 e. The lowest BCUT2D eigenvalue weighted by Gasteiger charge is -2.30. The van der Waals surface area contributed by atoms with E-state index in [9.17, 15) is 14.4 Å². The zero-order valence-corrected chi connectivity index (χ0v) is 45.6. The van der Waals surface area contributed by atoms with Crippen molar-refractivity contribution in [2.75, 3.05) is 25.6 Å². The molecule has 0 fully saturated rings. The molecule has 0 saturated carbocycles. The number of rotatable bonds is 55. The van der Waals surface area contributed by atoms with Crippen molar-refractivity contribution in [3.63, 3.8) is 0 Å². The van der Waals surface area contributed by atoms with E-state index in [1.54, 1.807) is 0 Å².